The Balaban J connectivity index is 1.97. The molecular weight excluding hydrogens is 333 g/mol. The van der Waals surface area contributed by atoms with Crippen LogP contribution in [0, 0.1) is 0 Å². The summed E-state index contributed by atoms with van der Waals surface area (Å²) in [6, 6.07) is 6.75. The number of halogens is 3. The number of ether oxygens (including phenoxy) is 1. The van der Waals surface area contributed by atoms with Crippen molar-refractivity contribution in [2.24, 2.45) is 0 Å². The highest BCUT2D eigenvalue weighted by Crippen LogP contribution is 2.32. The SMILES string of the molecule is COc1ccc2c(c1)CN(c1nc(N(C)C)cc(C(F)(F)F)n1)CC2. The summed E-state index contributed by atoms with van der Waals surface area (Å²) in [6.07, 6.45) is -3.80. The van der Waals surface area contributed by atoms with Gasteiger partial charge in [-0.2, -0.15) is 18.2 Å². The van der Waals surface area contributed by atoms with Gasteiger partial charge in [0, 0.05) is 33.3 Å². The summed E-state index contributed by atoms with van der Waals surface area (Å²) in [5.74, 6) is 1.04. The van der Waals surface area contributed by atoms with Crippen LogP contribution in [0.2, 0.25) is 0 Å². The van der Waals surface area contributed by atoms with Crippen molar-refractivity contribution < 1.29 is 17.9 Å². The predicted octanol–water partition coefficient (Wildman–Crippen LogP) is 3.13. The van der Waals surface area contributed by atoms with Crippen molar-refractivity contribution in [3.63, 3.8) is 0 Å². The Hall–Kier alpha value is -2.51. The molecule has 2 aromatic rings. The molecule has 1 aliphatic rings. The van der Waals surface area contributed by atoms with Crippen LogP contribution in [0.5, 0.6) is 5.75 Å². The third-order valence-corrected chi connectivity index (χ3v) is 4.16. The molecule has 3 rings (SSSR count). The Morgan fingerprint density at radius 2 is 1.88 bits per heavy atom. The fourth-order valence-corrected chi connectivity index (χ4v) is 2.77. The van der Waals surface area contributed by atoms with Crippen molar-refractivity contribution in [2.75, 3.05) is 37.5 Å². The second kappa shape index (κ2) is 6.42. The molecule has 1 aliphatic heterocycles. The first kappa shape index (κ1) is 17.3. The van der Waals surface area contributed by atoms with Gasteiger partial charge in [-0.3, -0.25) is 0 Å². The van der Waals surface area contributed by atoms with Gasteiger partial charge in [0.1, 0.15) is 11.6 Å². The molecule has 0 atom stereocenters. The average molecular weight is 352 g/mol. The molecule has 0 amide bonds. The van der Waals surface area contributed by atoms with Gasteiger partial charge in [-0.25, -0.2) is 4.98 Å². The number of hydrogen-bond donors (Lipinski definition) is 0. The lowest BCUT2D eigenvalue weighted by Gasteiger charge is -2.30. The standard InChI is InChI=1S/C17H19F3N4O/c1-23(2)15-9-14(17(18,19)20)21-16(22-15)24-7-6-11-4-5-13(25-3)8-12(11)10-24/h4-5,8-9H,6-7,10H2,1-3H3. The number of alkyl halides is 3. The zero-order chi connectivity index (χ0) is 18.2. The summed E-state index contributed by atoms with van der Waals surface area (Å²) in [5.41, 5.74) is 1.24. The topological polar surface area (TPSA) is 41.5 Å². The maximum absolute atomic E-state index is 13.2. The van der Waals surface area contributed by atoms with Gasteiger partial charge in [-0.05, 0) is 29.7 Å². The summed E-state index contributed by atoms with van der Waals surface area (Å²) in [7, 11) is 4.90. The van der Waals surface area contributed by atoms with E-state index in [-0.39, 0.29) is 11.8 Å². The van der Waals surface area contributed by atoms with Crippen molar-refractivity contribution in [3.05, 3.63) is 41.1 Å². The minimum absolute atomic E-state index is 0.0898. The van der Waals surface area contributed by atoms with Crippen LogP contribution in [0.3, 0.4) is 0 Å². The van der Waals surface area contributed by atoms with Crippen molar-refractivity contribution in [3.8, 4) is 5.75 Å². The van der Waals surface area contributed by atoms with Crippen LogP contribution < -0.4 is 14.5 Å². The van der Waals surface area contributed by atoms with E-state index in [0.29, 0.717) is 13.1 Å². The Morgan fingerprint density at radius 3 is 2.52 bits per heavy atom. The molecule has 25 heavy (non-hydrogen) atoms. The molecule has 0 unspecified atom stereocenters. The minimum atomic E-state index is -4.51. The highest BCUT2D eigenvalue weighted by molar-refractivity contribution is 5.48. The molecule has 1 aromatic heterocycles. The summed E-state index contributed by atoms with van der Waals surface area (Å²) in [4.78, 5) is 11.4. The summed E-state index contributed by atoms with van der Waals surface area (Å²) < 4.78 is 44.7. The number of hydrogen-bond acceptors (Lipinski definition) is 5. The van der Waals surface area contributed by atoms with E-state index in [9.17, 15) is 13.2 Å². The zero-order valence-corrected chi connectivity index (χ0v) is 14.3. The minimum Gasteiger partial charge on any atom is -0.497 e. The van der Waals surface area contributed by atoms with Crippen LogP contribution in [-0.2, 0) is 19.1 Å². The van der Waals surface area contributed by atoms with Gasteiger partial charge in [0.05, 0.1) is 7.11 Å². The van der Waals surface area contributed by atoms with E-state index >= 15 is 0 Å². The van der Waals surface area contributed by atoms with Gasteiger partial charge in [0.2, 0.25) is 5.95 Å². The second-order valence-electron chi connectivity index (χ2n) is 6.11. The fourth-order valence-electron chi connectivity index (χ4n) is 2.77. The molecule has 8 heteroatoms. The number of rotatable bonds is 3. The molecular formula is C17H19F3N4O. The first-order valence-corrected chi connectivity index (χ1v) is 7.82. The molecule has 0 saturated heterocycles. The fraction of sp³-hybridized carbons (Fsp3) is 0.412. The third kappa shape index (κ3) is 3.62. The van der Waals surface area contributed by atoms with Crippen LogP contribution in [0.4, 0.5) is 24.9 Å². The predicted molar refractivity (Wildman–Crippen MR) is 89.1 cm³/mol. The monoisotopic (exact) mass is 352 g/mol. The molecule has 5 nitrogen and oxygen atoms in total. The Bertz CT molecular complexity index is 777. The lowest BCUT2D eigenvalue weighted by Crippen LogP contribution is -2.32. The summed E-state index contributed by atoms with van der Waals surface area (Å²) >= 11 is 0. The van der Waals surface area contributed by atoms with Crippen molar-refractivity contribution in [1.29, 1.82) is 0 Å². The molecule has 0 saturated carbocycles. The second-order valence-corrected chi connectivity index (χ2v) is 6.11. The summed E-state index contributed by atoms with van der Waals surface area (Å²) in [5, 5.41) is 0. The molecule has 0 bridgehead atoms. The third-order valence-electron chi connectivity index (χ3n) is 4.16. The van der Waals surface area contributed by atoms with E-state index in [4.69, 9.17) is 4.74 Å². The van der Waals surface area contributed by atoms with Gasteiger partial charge >= 0.3 is 6.18 Å². The van der Waals surface area contributed by atoms with E-state index < -0.39 is 11.9 Å². The molecule has 0 aliphatic carbocycles. The van der Waals surface area contributed by atoms with E-state index in [1.165, 1.54) is 0 Å². The quantitative estimate of drug-likeness (QED) is 0.849. The average Bonchev–Trinajstić information content (AvgIpc) is 2.59. The molecule has 0 radical (unpaired) electrons. The van der Waals surface area contributed by atoms with Crippen LogP contribution >= 0.6 is 0 Å². The van der Waals surface area contributed by atoms with Gasteiger partial charge in [-0.15, -0.1) is 0 Å². The lowest BCUT2D eigenvalue weighted by atomic mass is 10.00. The Labute approximate surface area is 144 Å². The van der Waals surface area contributed by atoms with Crippen molar-refractivity contribution in [1.82, 2.24) is 9.97 Å². The van der Waals surface area contributed by atoms with Gasteiger partial charge in [0.25, 0.3) is 0 Å². The smallest absolute Gasteiger partial charge is 0.433 e. The number of methoxy groups -OCH3 is 1. The first-order valence-electron chi connectivity index (χ1n) is 7.82. The maximum atomic E-state index is 13.2. The zero-order valence-electron chi connectivity index (χ0n) is 14.3. The molecule has 2 heterocycles. The van der Waals surface area contributed by atoms with E-state index in [1.807, 2.05) is 18.2 Å². The van der Waals surface area contributed by atoms with E-state index in [0.717, 1.165) is 29.4 Å². The molecule has 0 spiro atoms. The van der Waals surface area contributed by atoms with Crippen LogP contribution in [0.15, 0.2) is 24.3 Å². The largest absolute Gasteiger partial charge is 0.497 e. The van der Waals surface area contributed by atoms with E-state index in [1.54, 1.807) is 31.0 Å². The molecule has 0 fully saturated rings. The lowest BCUT2D eigenvalue weighted by molar-refractivity contribution is -0.141. The first-order chi connectivity index (χ1) is 11.8. The van der Waals surface area contributed by atoms with Crippen LogP contribution in [0.25, 0.3) is 0 Å². The number of anilines is 2. The van der Waals surface area contributed by atoms with Gasteiger partial charge in [-0.1, -0.05) is 6.07 Å². The Kier molecular flexibility index (Phi) is 4.45. The summed E-state index contributed by atoms with van der Waals surface area (Å²) in [6.45, 7) is 1.01. The van der Waals surface area contributed by atoms with Gasteiger partial charge in [0.15, 0.2) is 5.69 Å². The maximum Gasteiger partial charge on any atom is 0.433 e. The Morgan fingerprint density at radius 1 is 1.12 bits per heavy atom. The van der Waals surface area contributed by atoms with Crippen LogP contribution in [-0.4, -0.2) is 37.7 Å². The molecule has 0 N–H and O–H groups in total. The number of fused-ring (bicyclic) bond motifs is 1. The van der Waals surface area contributed by atoms with Crippen LogP contribution in [0.1, 0.15) is 16.8 Å². The molecule has 134 valence electrons. The number of aromatic nitrogens is 2. The molecule has 1 aromatic carbocycles. The van der Waals surface area contributed by atoms with E-state index in [2.05, 4.69) is 9.97 Å². The number of benzene rings is 1. The highest BCUT2D eigenvalue weighted by atomic mass is 19.4. The van der Waals surface area contributed by atoms with Crippen molar-refractivity contribution >= 4 is 11.8 Å². The highest BCUT2D eigenvalue weighted by Gasteiger charge is 2.34. The van der Waals surface area contributed by atoms with Crippen molar-refractivity contribution in [2.45, 2.75) is 19.1 Å². The van der Waals surface area contributed by atoms with Gasteiger partial charge < -0.3 is 14.5 Å². The normalized spacial score (nSPS) is 14.2. The number of nitrogens with zero attached hydrogens (tertiary/aromatic N) is 4.